The Labute approximate surface area is 169 Å². The van der Waals surface area contributed by atoms with Gasteiger partial charge in [0, 0.05) is 17.5 Å². The van der Waals surface area contributed by atoms with Crippen molar-refractivity contribution in [1.29, 1.82) is 0 Å². The molecule has 0 fully saturated rings. The van der Waals surface area contributed by atoms with Crippen LogP contribution in [0.15, 0.2) is 59.6 Å². The van der Waals surface area contributed by atoms with Crippen LogP contribution in [0, 0.1) is 0 Å². The Hall–Kier alpha value is -2.93. The molecule has 0 saturated carbocycles. The predicted molar refractivity (Wildman–Crippen MR) is 112 cm³/mol. The minimum atomic E-state index is -3.42. The van der Waals surface area contributed by atoms with E-state index in [0.717, 1.165) is 22.4 Å². The van der Waals surface area contributed by atoms with E-state index < -0.39 is 9.84 Å². The number of carbonyl (C=O) groups is 1. The molecule has 1 aliphatic rings. The largest absolute Gasteiger partial charge is 0.494 e. The lowest BCUT2D eigenvalue weighted by Crippen LogP contribution is -2.18. The zero-order chi connectivity index (χ0) is 20.3. The summed E-state index contributed by atoms with van der Waals surface area (Å²) in [5, 5.41) is 3.88. The zero-order valence-electron chi connectivity index (χ0n) is 15.9. The summed E-state index contributed by atoms with van der Waals surface area (Å²) in [7, 11) is -3.42. The van der Waals surface area contributed by atoms with Crippen LogP contribution in [0.2, 0.25) is 0 Å². The van der Waals surface area contributed by atoms with Crippen molar-refractivity contribution in [2.75, 3.05) is 17.7 Å². The lowest BCUT2D eigenvalue weighted by atomic mass is 10.0. The molecule has 1 amide bonds. The Kier molecular flexibility index (Phi) is 5.49. The van der Waals surface area contributed by atoms with Gasteiger partial charge in [-0.25, -0.2) is 13.4 Å². The Balaban J connectivity index is 1.29. The first-order valence-corrected chi connectivity index (χ1v) is 11.3. The van der Waals surface area contributed by atoms with E-state index in [4.69, 9.17) is 4.74 Å². The van der Waals surface area contributed by atoms with Crippen LogP contribution in [0.25, 0.3) is 10.9 Å². The quantitative estimate of drug-likeness (QED) is 0.600. The van der Waals surface area contributed by atoms with Gasteiger partial charge in [0.15, 0.2) is 14.9 Å². The van der Waals surface area contributed by atoms with Gasteiger partial charge in [0.25, 0.3) is 0 Å². The van der Waals surface area contributed by atoms with Gasteiger partial charge in [-0.2, -0.15) is 0 Å². The average molecular weight is 410 g/mol. The van der Waals surface area contributed by atoms with E-state index >= 15 is 0 Å². The number of aromatic nitrogens is 1. The number of nitrogens with zero attached hydrogens (tertiary/aromatic N) is 1. The van der Waals surface area contributed by atoms with E-state index in [1.807, 2.05) is 42.5 Å². The lowest BCUT2D eigenvalue weighted by molar-refractivity contribution is -0.116. The summed E-state index contributed by atoms with van der Waals surface area (Å²) in [4.78, 5) is 15.7. The van der Waals surface area contributed by atoms with Crippen molar-refractivity contribution < 1.29 is 17.9 Å². The second kappa shape index (κ2) is 8.21. The van der Waals surface area contributed by atoms with Gasteiger partial charge in [0.2, 0.25) is 5.91 Å². The molecule has 150 valence electrons. The molecule has 1 aliphatic heterocycles. The number of fused-ring (bicyclic) bond motifs is 2. The normalized spacial score (nSPS) is 13.7. The van der Waals surface area contributed by atoms with Crippen LogP contribution in [0.1, 0.15) is 24.8 Å². The second-order valence-corrected chi connectivity index (χ2v) is 9.14. The average Bonchev–Trinajstić information content (AvgIpc) is 2.73. The molecule has 3 aromatic rings. The SMILES string of the molecule is O=C1CCc2cc(OCCCCS(=O)(=O)c3ccc4ccccc4n3)ccc2N1. The lowest BCUT2D eigenvalue weighted by Gasteiger charge is -2.17. The highest BCUT2D eigenvalue weighted by molar-refractivity contribution is 7.91. The zero-order valence-corrected chi connectivity index (χ0v) is 16.7. The number of hydrogen-bond acceptors (Lipinski definition) is 5. The number of rotatable bonds is 7. The Morgan fingerprint density at radius 1 is 1.00 bits per heavy atom. The Morgan fingerprint density at radius 3 is 2.76 bits per heavy atom. The molecule has 0 aliphatic carbocycles. The minimum Gasteiger partial charge on any atom is -0.494 e. The first kappa shape index (κ1) is 19.4. The Bertz CT molecular complexity index is 1160. The van der Waals surface area contributed by atoms with E-state index in [0.29, 0.717) is 37.8 Å². The number of anilines is 1. The molecule has 1 aromatic heterocycles. The van der Waals surface area contributed by atoms with Crippen molar-refractivity contribution in [3.8, 4) is 5.75 Å². The van der Waals surface area contributed by atoms with Gasteiger partial charge in [0.1, 0.15) is 5.75 Å². The third-order valence-corrected chi connectivity index (χ3v) is 6.63. The molecule has 29 heavy (non-hydrogen) atoms. The fourth-order valence-electron chi connectivity index (χ4n) is 3.36. The summed E-state index contributed by atoms with van der Waals surface area (Å²) in [5.41, 5.74) is 2.58. The molecule has 0 radical (unpaired) electrons. The fourth-order valence-corrected chi connectivity index (χ4v) is 4.66. The number of pyridine rings is 1. The maximum Gasteiger partial charge on any atom is 0.224 e. The number of amides is 1. The van der Waals surface area contributed by atoms with Gasteiger partial charge in [-0.15, -0.1) is 0 Å². The maximum absolute atomic E-state index is 12.6. The van der Waals surface area contributed by atoms with Crippen LogP contribution in [0.4, 0.5) is 5.69 Å². The van der Waals surface area contributed by atoms with Crippen molar-refractivity contribution >= 4 is 32.3 Å². The van der Waals surface area contributed by atoms with Crippen LogP contribution in [-0.4, -0.2) is 31.7 Å². The summed E-state index contributed by atoms with van der Waals surface area (Å²) >= 11 is 0. The van der Waals surface area contributed by atoms with Crippen LogP contribution < -0.4 is 10.1 Å². The number of hydrogen-bond donors (Lipinski definition) is 1. The number of benzene rings is 2. The van der Waals surface area contributed by atoms with Crippen molar-refractivity contribution in [3.63, 3.8) is 0 Å². The fraction of sp³-hybridized carbons (Fsp3) is 0.273. The topological polar surface area (TPSA) is 85.4 Å². The molecule has 2 aromatic carbocycles. The number of unbranched alkanes of at least 4 members (excludes halogenated alkanes) is 1. The molecular formula is C22H22N2O4S. The van der Waals surface area contributed by atoms with Gasteiger partial charge in [-0.1, -0.05) is 18.2 Å². The van der Waals surface area contributed by atoms with E-state index in [1.165, 1.54) is 0 Å². The Morgan fingerprint density at radius 2 is 1.86 bits per heavy atom. The molecule has 0 atom stereocenters. The highest BCUT2D eigenvalue weighted by Crippen LogP contribution is 2.27. The highest BCUT2D eigenvalue weighted by atomic mass is 32.2. The molecule has 0 unspecified atom stereocenters. The van der Waals surface area contributed by atoms with Crippen LogP contribution in [-0.2, 0) is 21.1 Å². The molecule has 0 bridgehead atoms. The molecule has 4 rings (SSSR count). The van der Waals surface area contributed by atoms with Gasteiger partial charge in [0.05, 0.1) is 17.9 Å². The smallest absolute Gasteiger partial charge is 0.224 e. The number of nitrogens with one attached hydrogen (secondary N) is 1. The molecule has 0 spiro atoms. The van der Waals surface area contributed by atoms with Crippen molar-refractivity contribution in [2.24, 2.45) is 0 Å². The third-order valence-electron chi connectivity index (χ3n) is 4.94. The molecule has 6 nitrogen and oxygen atoms in total. The van der Waals surface area contributed by atoms with Gasteiger partial charge in [-0.3, -0.25) is 4.79 Å². The predicted octanol–water partition coefficient (Wildman–Crippen LogP) is 3.75. The van der Waals surface area contributed by atoms with Crippen molar-refractivity contribution in [2.45, 2.75) is 30.7 Å². The maximum atomic E-state index is 12.6. The first-order chi connectivity index (χ1) is 14.0. The number of para-hydroxylation sites is 1. The van der Waals surface area contributed by atoms with Crippen molar-refractivity contribution in [1.82, 2.24) is 4.98 Å². The number of aryl methyl sites for hydroxylation is 1. The summed E-state index contributed by atoms with van der Waals surface area (Å²) in [6.07, 6.45) is 2.31. The van der Waals surface area contributed by atoms with Gasteiger partial charge in [-0.05, 0) is 61.2 Å². The van der Waals surface area contributed by atoms with Crippen LogP contribution >= 0.6 is 0 Å². The van der Waals surface area contributed by atoms with E-state index in [2.05, 4.69) is 10.3 Å². The highest BCUT2D eigenvalue weighted by Gasteiger charge is 2.17. The summed E-state index contributed by atoms with van der Waals surface area (Å²) in [5.74, 6) is 0.810. The van der Waals surface area contributed by atoms with E-state index in [9.17, 15) is 13.2 Å². The number of ether oxygens (including phenoxy) is 1. The van der Waals surface area contributed by atoms with Crippen LogP contribution in [0.5, 0.6) is 5.75 Å². The molecule has 7 heteroatoms. The molecule has 1 N–H and O–H groups in total. The first-order valence-electron chi connectivity index (χ1n) is 9.65. The summed E-state index contributed by atoms with van der Waals surface area (Å²) < 4.78 is 30.9. The van der Waals surface area contributed by atoms with Gasteiger partial charge < -0.3 is 10.1 Å². The van der Waals surface area contributed by atoms with Gasteiger partial charge >= 0.3 is 0 Å². The molecular weight excluding hydrogens is 388 g/mol. The standard InChI is InChI=1S/C22H22N2O4S/c25-21-11-7-17-15-18(9-10-20(17)23-21)28-13-3-4-14-29(26,27)22-12-8-16-5-1-2-6-19(16)24-22/h1-2,5-6,8-10,12,15H,3-4,7,11,13-14H2,(H,23,25). The number of carbonyl (C=O) groups excluding carboxylic acids is 1. The van der Waals surface area contributed by atoms with Crippen LogP contribution in [0.3, 0.4) is 0 Å². The van der Waals surface area contributed by atoms with Crippen molar-refractivity contribution in [3.05, 3.63) is 60.2 Å². The monoisotopic (exact) mass is 410 g/mol. The third kappa shape index (κ3) is 4.56. The minimum absolute atomic E-state index is 0.0354. The van der Waals surface area contributed by atoms with E-state index in [1.54, 1.807) is 12.1 Å². The second-order valence-electron chi connectivity index (χ2n) is 7.08. The molecule has 2 heterocycles. The molecule has 0 saturated heterocycles. The summed E-state index contributed by atoms with van der Waals surface area (Å²) in [6.45, 7) is 0.436. The number of sulfone groups is 1. The van der Waals surface area contributed by atoms with E-state index in [-0.39, 0.29) is 16.7 Å². The summed E-state index contributed by atoms with van der Waals surface area (Å²) in [6, 6.07) is 16.4.